The second-order valence-electron chi connectivity index (χ2n) is 6.08. The number of nitrogens with zero attached hydrogens (tertiary/aromatic N) is 1. The largest absolute Gasteiger partial charge is 0.357 e. The highest BCUT2D eigenvalue weighted by atomic mass is 16.5. The van der Waals surface area contributed by atoms with Crippen molar-refractivity contribution in [3.05, 3.63) is 71.8 Å². The fourth-order valence-corrected chi connectivity index (χ4v) is 3.94. The average molecular weight is 301 g/mol. The van der Waals surface area contributed by atoms with Crippen LogP contribution in [0.5, 0.6) is 0 Å². The molecule has 0 saturated carbocycles. The van der Waals surface area contributed by atoms with Crippen LogP contribution in [0, 0.1) is 0 Å². The highest BCUT2D eigenvalue weighted by molar-refractivity contribution is 6.13. The molecule has 0 aliphatic carbocycles. The topological polar surface area (TPSA) is 29.5 Å². The highest BCUT2D eigenvalue weighted by Crippen LogP contribution is 2.52. The van der Waals surface area contributed by atoms with E-state index in [1.54, 1.807) is 6.92 Å². The quantitative estimate of drug-likeness (QED) is 0.690. The molecule has 3 aliphatic heterocycles. The van der Waals surface area contributed by atoms with Crippen LogP contribution < -0.4 is 4.90 Å². The van der Waals surface area contributed by atoms with Crippen LogP contribution in [0.2, 0.25) is 0 Å². The zero-order valence-corrected chi connectivity index (χ0v) is 12.7. The Morgan fingerprint density at radius 2 is 1.35 bits per heavy atom. The van der Waals surface area contributed by atoms with Gasteiger partial charge in [-0.1, -0.05) is 48.6 Å². The van der Waals surface area contributed by atoms with Crippen LogP contribution in [0.1, 0.15) is 18.1 Å². The van der Waals surface area contributed by atoms with Crippen LogP contribution in [0.15, 0.2) is 60.7 Å². The molecule has 0 aromatic heterocycles. The molecule has 3 aliphatic rings. The Labute approximate surface area is 134 Å². The number of benzene rings is 2. The zero-order valence-electron chi connectivity index (χ0n) is 12.7. The van der Waals surface area contributed by atoms with Crippen molar-refractivity contribution in [2.45, 2.75) is 19.1 Å². The van der Waals surface area contributed by atoms with E-state index in [2.05, 4.69) is 24.3 Å². The summed E-state index contributed by atoms with van der Waals surface area (Å²) in [5.74, 6) is 0.0206. The summed E-state index contributed by atoms with van der Waals surface area (Å²) < 4.78 is 6.10. The molecule has 112 valence electrons. The Bertz CT molecular complexity index is 844. The first-order valence-electron chi connectivity index (χ1n) is 7.83. The van der Waals surface area contributed by atoms with Crippen LogP contribution in [0.25, 0.3) is 11.1 Å². The van der Waals surface area contributed by atoms with Crippen molar-refractivity contribution in [2.24, 2.45) is 0 Å². The van der Waals surface area contributed by atoms with Gasteiger partial charge >= 0.3 is 0 Å². The average Bonchev–Trinajstić information content (AvgIpc) is 3.13. The summed E-state index contributed by atoms with van der Waals surface area (Å²) in [7, 11) is 0. The van der Waals surface area contributed by atoms with E-state index in [0.29, 0.717) is 0 Å². The van der Waals surface area contributed by atoms with Gasteiger partial charge in [-0.3, -0.25) is 9.69 Å². The lowest BCUT2D eigenvalue weighted by Crippen LogP contribution is -2.24. The normalized spacial score (nSPS) is 23.4. The molecule has 3 nitrogen and oxygen atoms in total. The number of carbonyl (C=O) groups is 1. The number of fused-ring (bicyclic) bond motifs is 8. The SMILES string of the molecule is CC(=O)N1c2ccccc2C2=C(c3ccccc31)[C@H]1C=C[C@H]2O1. The molecule has 2 bridgehead atoms. The van der Waals surface area contributed by atoms with Gasteiger partial charge in [0.25, 0.3) is 0 Å². The third-order valence-electron chi connectivity index (χ3n) is 4.80. The predicted molar refractivity (Wildman–Crippen MR) is 90.3 cm³/mol. The van der Waals surface area contributed by atoms with Gasteiger partial charge in [0.1, 0.15) is 12.2 Å². The van der Waals surface area contributed by atoms with E-state index in [1.165, 1.54) is 11.1 Å². The van der Waals surface area contributed by atoms with Crippen molar-refractivity contribution >= 4 is 28.4 Å². The number of rotatable bonds is 0. The second kappa shape index (κ2) is 4.43. The molecule has 0 radical (unpaired) electrons. The summed E-state index contributed by atoms with van der Waals surface area (Å²) in [6, 6.07) is 16.2. The molecular formula is C20H15NO2. The van der Waals surface area contributed by atoms with Gasteiger partial charge in [0.05, 0.1) is 11.4 Å². The smallest absolute Gasteiger partial charge is 0.228 e. The maximum atomic E-state index is 12.4. The summed E-state index contributed by atoms with van der Waals surface area (Å²) >= 11 is 0. The zero-order chi connectivity index (χ0) is 15.6. The third-order valence-corrected chi connectivity index (χ3v) is 4.80. The Morgan fingerprint density at radius 3 is 1.83 bits per heavy atom. The highest BCUT2D eigenvalue weighted by Gasteiger charge is 2.42. The van der Waals surface area contributed by atoms with Gasteiger partial charge < -0.3 is 4.74 Å². The van der Waals surface area contributed by atoms with Crippen LogP contribution in [-0.2, 0) is 9.53 Å². The van der Waals surface area contributed by atoms with Gasteiger partial charge in [0.15, 0.2) is 0 Å². The van der Waals surface area contributed by atoms with Crippen molar-refractivity contribution in [1.82, 2.24) is 0 Å². The van der Waals surface area contributed by atoms with E-state index in [-0.39, 0.29) is 18.1 Å². The molecule has 0 N–H and O–H groups in total. The molecular weight excluding hydrogens is 286 g/mol. The molecule has 23 heavy (non-hydrogen) atoms. The van der Waals surface area contributed by atoms with E-state index < -0.39 is 0 Å². The molecule has 2 atom stereocenters. The Balaban J connectivity index is 1.91. The summed E-state index contributed by atoms with van der Waals surface area (Å²) in [5, 5.41) is 0. The summed E-state index contributed by atoms with van der Waals surface area (Å²) in [5.41, 5.74) is 6.44. The van der Waals surface area contributed by atoms with Crippen molar-refractivity contribution < 1.29 is 9.53 Å². The fourth-order valence-electron chi connectivity index (χ4n) is 3.94. The number of anilines is 2. The third kappa shape index (κ3) is 1.60. The molecule has 2 aromatic carbocycles. The van der Waals surface area contributed by atoms with E-state index in [0.717, 1.165) is 22.5 Å². The molecule has 5 rings (SSSR count). The van der Waals surface area contributed by atoms with Crippen LogP contribution in [-0.4, -0.2) is 18.1 Å². The Hall–Kier alpha value is -2.65. The predicted octanol–water partition coefficient (Wildman–Crippen LogP) is 3.93. The van der Waals surface area contributed by atoms with E-state index >= 15 is 0 Å². The lowest BCUT2D eigenvalue weighted by Gasteiger charge is -2.25. The molecule has 2 aromatic rings. The Kier molecular flexibility index (Phi) is 2.48. The number of para-hydroxylation sites is 2. The maximum absolute atomic E-state index is 12.4. The van der Waals surface area contributed by atoms with E-state index in [9.17, 15) is 4.79 Å². The first-order valence-corrected chi connectivity index (χ1v) is 7.83. The van der Waals surface area contributed by atoms with E-state index in [4.69, 9.17) is 4.74 Å². The molecule has 1 amide bonds. The number of amides is 1. The van der Waals surface area contributed by atoms with Gasteiger partial charge in [-0.25, -0.2) is 0 Å². The standard InChI is InChI=1S/C20H15NO2/c1-12(22)21-15-8-4-2-6-13(15)19-17-10-11-18(23-17)20(19)14-7-3-5-9-16(14)21/h2-11,17-18H,1H3/t17-,18-/m1/s1. The first kappa shape index (κ1) is 12.9. The minimum Gasteiger partial charge on any atom is -0.357 e. The number of ether oxygens (including phenoxy) is 1. The van der Waals surface area contributed by atoms with Gasteiger partial charge in [0.2, 0.25) is 5.91 Å². The van der Waals surface area contributed by atoms with Crippen LogP contribution in [0.3, 0.4) is 0 Å². The van der Waals surface area contributed by atoms with Gasteiger partial charge in [-0.15, -0.1) is 0 Å². The molecule has 0 saturated heterocycles. The number of hydrogen-bond donors (Lipinski definition) is 0. The van der Waals surface area contributed by atoms with Crippen molar-refractivity contribution in [3.8, 4) is 0 Å². The summed E-state index contributed by atoms with van der Waals surface area (Å²) in [4.78, 5) is 14.3. The monoisotopic (exact) mass is 301 g/mol. The van der Waals surface area contributed by atoms with Gasteiger partial charge in [0, 0.05) is 29.2 Å². The molecule has 3 heterocycles. The Morgan fingerprint density at radius 1 is 0.870 bits per heavy atom. The molecule has 0 spiro atoms. The minimum atomic E-state index is -0.0175. The molecule has 0 unspecified atom stereocenters. The second-order valence-corrected chi connectivity index (χ2v) is 6.08. The van der Waals surface area contributed by atoms with E-state index in [1.807, 2.05) is 41.3 Å². The van der Waals surface area contributed by atoms with Crippen molar-refractivity contribution in [1.29, 1.82) is 0 Å². The van der Waals surface area contributed by atoms with Gasteiger partial charge in [-0.05, 0) is 12.1 Å². The maximum Gasteiger partial charge on any atom is 0.228 e. The summed E-state index contributed by atoms with van der Waals surface area (Å²) in [6.07, 6.45) is 4.20. The van der Waals surface area contributed by atoms with Gasteiger partial charge in [-0.2, -0.15) is 0 Å². The van der Waals surface area contributed by atoms with Crippen LogP contribution in [0.4, 0.5) is 11.4 Å². The lowest BCUT2D eigenvalue weighted by molar-refractivity contribution is -0.115. The fraction of sp³-hybridized carbons (Fsp3) is 0.150. The molecule has 0 fully saturated rings. The van der Waals surface area contributed by atoms with Crippen molar-refractivity contribution in [2.75, 3.05) is 4.90 Å². The minimum absolute atomic E-state index is 0.0175. The van der Waals surface area contributed by atoms with Crippen molar-refractivity contribution in [3.63, 3.8) is 0 Å². The number of hydrogen-bond acceptors (Lipinski definition) is 2. The molecule has 3 heteroatoms. The van der Waals surface area contributed by atoms with Crippen LogP contribution >= 0.6 is 0 Å². The first-order chi connectivity index (χ1) is 11.3. The lowest BCUT2D eigenvalue weighted by atomic mass is 9.87. The number of carbonyl (C=O) groups excluding carboxylic acids is 1. The summed E-state index contributed by atoms with van der Waals surface area (Å²) in [6.45, 7) is 1.62.